The first-order valence-electron chi connectivity index (χ1n) is 5.94. The number of hydrogen-bond donors (Lipinski definition) is 1. The number of halogens is 2. The van der Waals surface area contributed by atoms with Crippen molar-refractivity contribution in [1.29, 1.82) is 0 Å². The van der Waals surface area contributed by atoms with Crippen molar-refractivity contribution in [1.82, 2.24) is 5.32 Å². The monoisotopic (exact) mass is 368 g/mol. The van der Waals surface area contributed by atoms with Gasteiger partial charge in [-0.25, -0.2) is 0 Å². The van der Waals surface area contributed by atoms with E-state index in [-0.39, 0.29) is 17.2 Å². The molecule has 2 rings (SSSR count). The Morgan fingerprint density at radius 3 is 2.52 bits per heavy atom. The Morgan fingerprint density at radius 1 is 1.24 bits per heavy atom. The highest BCUT2D eigenvalue weighted by Crippen LogP contribution is 2.22. The molecule has 1 N–H and O–H groups in total. The van der Waals surface area contributed by atoms with Crippen molar-refractivity contribution < 1.29 is 9.72 Å². The van der Waals surface area contributed by atoms with Gasteiger partial charge in [-0.3, -0.25) is 14.9 Å². The minimum atomic E-state index is -0.539. The van der Waals surface area contributed by atoms with Crippen LogP contribution in [0.1, 0.15) is 15.9 Å². The molecule has 0 spiro atoms. The van der Waals surface area contributed by atoms with Gasteiger partial charge in [-0.2, -0.15) is 0 Å². The summed E-state index contributed by atoms with van der Waals surface area (Å²) in [5, 5.41) is 14.1. The molecule has 0 atom stereocenters. The lowest BCUT2D eigenvalue weighted by molar-refractivity contribution is -0.384. The highest BCUT2D eigenvalue weighted by molar-refractivity contribution is 9.10. The predicted octanol–water partition coefficient (Wildman–Crippen LogP) is 3.94. The molecule has 0 saturated heterocycles. The number of non-ortho nitro benzene ring substituents is 1. The number of nitro benzene ring substituents is 1. The molecular weight excluding hydrogens is 360 g/mol. The van der Waals surface area contributed by atoms with E-state index in [0.29, 0.717) is 16.0 Å². The van der Waals surface area contributed by atoms with Gasteiger partial charge < -0.3 is 5.32 Å². The van der Waals surface area contributed by atoms with Gasteiger partial charge in [0.05, 0.1) is 10.5 Å². The SMILES string of the molecule is O=C(NCc1ccc(Cl)cc1)c1cc([N+](=O)[O-])ccc1Br. The van der Waals surface area contributed by atoms with E-state index in [1.54, 1.807) is 24.3 Å². The van der Waals surface area contributed by atoms with Crippen LogP contribution in [-0.4, -0.2) is 10.8 Å². The maximum atomic E-state index is 12.1. The van der Waals surface area contributed by atoms with E-state index >= 15 is 0 Å². The molecule has 0 aliphatic rings. The minimum Gasteiger partial charge on any atom is -0.348 e. The van der Waals surface area contributed by atoms with Gasteiger partial charge in [0, 0.05) is 28.2 Å². The zero-order valence-corrected chi connectivity index (χ0v) is 13.0. The van der Waals surface area contributed by atoms with Crippen LogP contribution < -0.4 is 5.32 Å². The first-order valence-corrected chi connectivity index (χ1v) is 7.11. The Bertz CT molecular complexity index is 689. The van der Waals surface area contributed by atoms with Gasteiger partial charge in [-0.1, -0.05) is 23.7 Å². The molecule has 2 aromatic carbocycles. The Labute approximate surface area is 134 Å². The number of nitrogens with one attached hydrogen (secondary N) is 1. The molecule has 0 aliphatic carbocycles. The van der Waals surface area contributed by atoms with Crippen LogP contribution in [0, 0.1) is 10.1 Å². The molecule has 0 aliphatic heterocycles. The van der Waals surface area contributed by atoms with Crippen LogP contribution in [0.25, 0.3) is 0 Å². The quantitative estimate of drug-likeness (QED) is 0.655. The minimum absolute atomic E-state index is 0.130. The van der Waals surface area contributed by atoms with Gasteiger partial charge in [0.1, 0.15) is 0 Å². The summed E-state index contributed by atoms with van der Waals surface area (Å²) in [6, 6.07) is 11.1. The number of amides is 1. The average Bonchev–Trinajstić information content (AvgIpc) is 2.46. The predicted molar refractivity (Wildman–Crippen MR) is 83.4 cm³/mol. The fraction of sp³-hybridized carbons (Fsp3) is 0.0714. The second kappa shape index (κ2) is 6.69. The molecule has 0 heterocycles. The van der Waals surface area contributed by atoms with E-state index in [0.717, 1.165) is 5.56 Å². The molecule has 5 nitrogen and oxygen atoms in total. The van der Waals surface area contributed by atoms with Crippen LogP contribution in [0.2, 0.25) is 5.02 Å². The molecule has 1 amide bonds. The molecule has 0 radical (unpaired) electrons. The van der Waals surface area contributed by atoms with Gasteiger partial charge >= 0.3 is 0 Å². The van der Waals surface area contributed by atoms with Crippen molar-refractivity contribution in [2.75, 3.05) is 0 Å². The van der Waals surface area contributed by atoms with Crippen molar-refractivity contribution in [3.63, 3.8) is 0 Å². The van der Waals surface area contributed by atoms with Crippen molar-refractivity contribution in [3.8, 4) is 0 Å². The molecule has 0 saturated carbocycles. The van der Waals surface area contributed by atoms with E-state index in [1.807, 2.05) is 0 Å². The Balaban J connectivity index is 2.11. The third kappa shape index (κ3) is 4.03. The van der Waals surface area contributed by atoms with Crippen molar-refractivity contribution >= 4 is 39.1 Å². The van der Waals surface area contributed by atoms with Crippen LogP contribution in [-0.2, 0) is 6.54 Å². The molecule has 0 aromatic heterocycles. The summed E-state index contributed by atoms with van der Waals surface area (Å²) < 4.78 is 0.502. The highest BCUT2D eigenvalue weighted by atomic mass is 79.9. The molecule has 7 heteroatoms. The van der Waals surface area contributed by atoms with Crippen LogP contribution in [0.15, 0.2) is 46.9 Å². The van der Waals surface area contributed by atoms with E-state index in [9.17, 15) is 14.9 Å². The number of benzene rings is 2. The summed E-state index contributed by atoms with van der Waals surface area (Å²) in [5.74, 6) is -0.388. The third-order valence-electron chi connectivity index (χ3n) is 2.77. The molecule has 21 heavy (non-hydrogen) atoms. The van der Waals surface area contributed by atoms with Crippen molar-refractivity contribution in [3.05, 3.63) is 73.2 Å². The molecule has 2 aromatic rings. The summed E-state index contributed by atoms with van der Waals surface area (Å²) in [7, 11) is 0. The Hall–Kier alpha value is -1.92. The normalized spacial score (nSPS) is 10.2. The Kier molecular flexibility index (Phi) is 4.93. The average molecular weight is 370 g/mol. The molecule has 0 bridgehead atoms. The van der Waals surface area contributed by atoms with Gasteiger partial charge in [0.2, 0.25) is 0 Å². The van der Waals surface area contributed by atoms with Gasteiger partial charge in [0.25, 0.3) is 11.6 Å². The van der Waals surface area contributed by atoms with Gasteiger partial charge in [-0.05, 0) is 39.7 Å². The first-order chi connectivity index (χ1) is 9.97. The zero-order valence-electron chi connectivity index (χ0n) is 10.7. The molecule has 108 valence electrons. The maximum Gasteiger partial charge on any atom is 0.270 e. The maximum absolute atomic E-state index is 12.1. The first kappa shape index (κ1) is 15.5. The van der Waals surface area contributed by atoms with Crippen LogP contribution >= 0.6 is 27.5 Å². The second-order valence-corrected chi connectivity index (χ2v) is 5.52. The molecule has 0 unspecified atom stereocenters. The summed E-state index contributed by atoms with van der Waals surface area (Å²) >= 11 is 9.00. The fourth-order valence-corrected chi connectivity index (χ4v) is 2.23. The standard InChI is InChI=1S/C14H10BrClN2O3/c15-13-6-5-11(18(20)21)7-12(13)14(19)17-8-9-1-3-10(16)4-2-9/h1-7H,8H2,(H,17,19). The fourth-order valence-electron chi connectivity index (χ4n) is 1.68. The summed E-state index contributed by atoms with van der Waals surface area (Å²) in [6.07, 6.45) is 0. The highest BCUT2D eigenvalue weighted by Gasteiger charge is 2.15. The van der Waals surface area contributed by atoms with Crippen LogP contribution in [0.5, 0.6) is 0 Å². The lowest BCUT2D eigenvalue weighted by Crippen LogP contribution is -2.23. The second-order valence-electron chi connectivity index (χ2n) is 4.23. The van der Waals surface area contributed by atoms with Gasteiger partial charge in [-0.15, -0.1) is 0 Å². The van der Waals surface area contributed by atoms with Gasteiger partial charge in [0.15, 0.2) is 0 Å². The number of carbonyl (C=O) groups is 1. The van der Waals surface area contributed by atoms with E-state index in [1.165, 1.54) is 18.2 Å². The summed E-state index contributed by atoms with van der Waals surface area (Å²) in [6.45, 7) is 0.311. The van der Waals surface area contributed by atoms with Crippen LogP contribution in [0.4, 0.5) is 5.69 Å². The molecular formula is C14H10BrClN2O3. The third-order valence-corrected chi connectivity index (χ3v) is 3.72. The number of nitro groups is 1. The topological polar surface area (TPSA) is 72.2 Å². The lowest BCUT2D eigenvalue weighted by atomic mass is 10.1. The zero-order chi connectivity index (χ0) is 15.4. The number of hydrogen-bond acceptors (Lipinski definition) is 3. The van der Waals surface area contributed by atoms with E-state index < -0.39 is 4.92 Å². The summed E-state index contributed by atoms with van der Waals surface area (Å²) in [5.41, 5.74) is 0.974. The number of nitrogens with zero attached hydrogens (tertiary/aromatic N) is 1. The summed E-state index contributed by atoms with van der Waals surface area (Å²) in [4.78, 5) is 22.3. The smallest absolute Gasteiger partial charge is 0.270 e. The van der Waals surface area contributed by atoms with Crippen molar-refractivity contribution in [2.24, 2.45) is 0 Å². The van der Waals surface area contributed by atoms with Crippen molar-refractivity contribution in [2.45, 2.75) is 6.54 Å². The van der Waals surface area contributed by atoms with Crippen LogP contribution in [0.3, 0.4) is 0 Å². The lowest BCUT2D eigenvalue weighted by Gasteiger charge is -2.07. The van der Waals surface area contributed by atoms with E-state index in [4.69, 9.17) is 11.6 Å². The number of carbonyl (C=O) groups excluding carboxylic acids is 1. The largest absolute Gasteiger partial charge is 0.348 e. The Morgan fingerprint density at radius 2 is 1.90 bits per heavy atom. The number of rotatable bonds is 4. The van der Waals surface area contributed by atoms with E-state index in [2.05, 4.69) is 21.2 Å². The molecule has 0 fully saturated rings.